The van der Waals surface area contributed by atoms with Crippen molar-refractivity contribution in [1.29, 1.82) is 0 Å². The number of ether oxygens (including phenoxy) is 2. The first kappa shape index (κ1) is 13.7. The van der Waals surface area contributed by atoms with Gasteiger partial charge in [-0.1, -0.05) is 0 Å². The SMILES string of the molecule is COc1ccc(/C=N/Nc2nnc(C)n2N)cc1OC. The molecule has 2 aromatic rings. The molecule has 0 spiro atoms. The van der Waals surface area contributed by atoms with Crippen LogP contribution >= 0.6 is 0 Å². The van der Waals surface area contributed by atoms with E-state index in [1.54, 1.807) is 33.4 Å². The predicted molar refractivity (Wildman–Crippen MR) is 75.7 cm³/mol. The molecule has 1 heterocycles. The van der Waals surface area contributed by atoms with Crippen LogP contribution in [0.2, 0.25) is 0 Å². The number of aryl methyl sites for hydroxylation is 1. The maximum Gasteiger partial charge on any atom is 0.263 e. The lowest BCUT2D eigenvalue weighted by Crippen LogP contribution is -2.13. The number of nitrogens with one attached hydrogen (secondary N) is 1. The van der Waals surface area contributed by atoms with Gasteiger partial charge in [-0.25, -0.2) is 10.1 Å². The molecule has 1 aromatic carbocycles. The van der Waals surface area contributed by atoms with E-state index in [0.717, 1.165) is 5.56 Å². The van der Waals surface area contributed by atoms with Crippen LogP contribution in [0.15, 0.2) is 23.3 Å². The summed E-state index contributed by atoms with van der Waals surface area (Å²) >= 11 is 0. The highest BCUT2D eigenvalue weighted by Gasteiger charge is 2.04. The molecule has 0 fully saturated rings. The summed E-state index contributed by atoms with van der Waals surface area (Å²) in [5.41, 5.74) is 3.55. The fourth-order valence-corrected chi connectivity index (χ4v) is 1.54. The van der Waals surface area contributed by atoms with Crippen molar-refractivity contribution in [3.05, 3.63) is 29.6 Å². The third-order valence-corrected chi connectivity index (χ3v) is 2.65. The lowest BCUT2D eigenvalue weighted by molar-refractivity contribution is 0.355. The van der Waals surface area contributed by atoms with Crippen LogP contribution in [0.5, 0.6) is 11.5 Å². The van der Waals surface area contributed by atoms with Gasteiger partial charge in [-0.2, -0.15) is 5.10 Å². The van der Waals surface area contributed by atoms with E-state index in [0.29, 0.717) is 23.3 Å². The van der Waals surface area contributed by atoms with Crippen LogP contribution in [0.1, 0.15) is 11.4 Å². The van der Waals surface area contributed by atoms with Crippen LogP contribution in [-0.2, 0) is 0 Å². The normalized spacial score (nSPS) is 10.8. The van der Waals surface area contributed by atoms with Crippen molar-refractivity contribution >= 4 is 12.2 Å². The summed E-state index contributed by atoms with van der Waals surface area (Å²) in [7, 11) is 3.17. The third kappa shape index (κ3) is 2.79. The van der Waals surface area contributed by atoms with Crippen molar-refractivity contribution in [1.82, 2.24) is 14.9 Å². The predicted octanol–water partition coefficient (Wildman–Crippen LogP) is 0.764. The van der Waals surface area contributed by atoms with Crippen molar-refractivity contribution in [3.8, 4) is 11.5 Å². The summed E-state index contributed by atoms with van der Waals surface area (Å²) in [5.74, 6) is 7.93. The van der Waals surface area contributed by atoms with E-state index in [1.165, 1.54) is 4.68 Å². The molecule has 1 aromatic heterocycles. The second-order valence-electron chi connectivity index (χ2n) is 3.93. The van der Waals surface area contributed by atoms with Crippen molar-refractivity contribution in [2.45, 2.75) is 6.92 Å². The fourth-order valence-electron chi connectivity index (χ4n) is 1.54. The highest BCUT2D eigenvalue weighted by Crippen LogP contribution is 2.26. The van der Waals surface area contributed by atoms with E-state index in [-0.39, 0.29) is 0 Å². The van der Waals surface area contributed by atoms with E-state index < -0.39 is 0 Å². The third-order valence-electron chi connectivity index (χ3n) is 2.65. The van der Waals surface area contributed by atoms with Gasteiger partial charge in [-0.3, -0.25) is 0 Å². The number of benzene rings is 1. The Hall–Kier alpha value is -2.77. The van der Waals surface area contributed by atoms with Crippen LogP contribution in [-0.4, -0.2) is 35.3 Å². The van der Waals surface area contributed by atoms with E-state index >= 15 is 0 Å². The molecule has 20 heavy (non-hydrogen) atoms. The maximum absolute atomic E-state index is 5.68. The molecule has 0 radical (unpaired) electrons. The van der Waals surface area contributed by atoms with Gasteiger partial charge < -0.3 is 15.3 Å². The Kier molecular flexibility index (Phi) is 4.04. The second kappa shape index (κ2) is 5.91. The summed E-state index contributed by atoms with van der Waals surface area (Å²) in [5, 5.41) is 11.7. The van der Waals surface area contributed by atoms with E-state index in [1.807, 2.05) is 12.1 Å². The Morgan fingerprint density at radius 3 is 2.60 bits per heavy atom. The van der Waals surface area contributed by atoms with Crippen molar-refractivity contribution in [3.63, 3.8) is 0 Å². The summed E-state index contributed by atoms with van der Waals surface area (Å²) < 4.78 is 11.7. The van der Waals surface area contributed by atoms with Crippen LogP contribution in [0.3, 0.4) is 0 Å². The average Bonchev–Trinajstić information content (AvgIpc) is 2.79. The van der Waals surface area contributed by atoms with E-state index in [2.05, 4.69) is 20.7 Å². The van der Waals surface area contributed by atoms with Gasteiger partial charge in [0, 0.05) is 0 Å². The van der Waals surface area contributed by atoms with Gasteiger partial charge in [0.15, 0.2) is 17.3 Å². The second-order valence-corrected chi connectivity index (χ2v) is 3.93. The van der Waals surface area contributed by atoms with Crippen molar-refractivity contribution < 1.29 is 9.47 Å². The molecular weight excluding hydrogens is 260 g/mol. The van der Waals surface area contributed by atoms with E-state index in [9.17, 15) is 0 Å². The highest BCUT2D eigenvalue weighted by molar-refractivity contribution is 5.81. The Balaban J connectivity index is 2.10. The Labute approximate surface area is 116 Å². The molecule has 0 unspecified atom stereocenters. The first-order valence-electron chi connectivity index (χ1n) is 5.84. The van der Waals surface area contributed by atoms with Gasteiger partial charge in [0.1, 0.15) is 0 Å². The van der Waals surface area contributed by atoms with Crippen molar-refractivity contribution in [2.75, 3.05) is 25.5 Å². The van der Waals surface area contributed by atoms with Gasteiger partial charge in [-0.15, -0.1) is 10.2 Å². The molecule has 8 heteroatoms. The van der Waals surface area contributed by atoms with Gasteiger partial charge in [0.2, 0.25) is 0 Å². The fraction of sp³-hybridized carbons (Fsp3) is 0.250. The molecule has 106 valence electrons. The number of hydrazone groups is 1. The van der Waals surface area contributed by atoms with Gasteiger partial charge in [0.05, 0.1) is 20.4 Å². The zero-order valence-corrected chi connectivity index (χ0v) is 11.5. The molecule has 0 saturated heterocycles. The molecule has 0 aliphatic carbocycles. The number of nitrogen functional groups attached to an aromatic ring is 1. The highest BCUT2D eigenvalue weighted by atomic mass is 16.5. The average molecular weight is 276 g/mol. The Bertz CT molecular complexity index is 622. The number of hydrogen-bond donors (Lipinski definition) is 2. The van der Waals surface area contributed by atoms with Gasteiger partial charge >= 0.3 is 0 Å². The Morgan fingerprint density at radius 1 is 1.25 bits per heavy atom. The maximum atomic E-state index is 5.68. The minimum absolute atomic E-state index is 0.360. The molecule has 0 atom stereocenters. The molecule has 0 aliphatic heterocycles. The number of nitrogens with zero attached hydrogens (tertiary/aromatic N) is 4. The molecular formula is C12H16N6O2. The zero-order chi connectivity index (χ0) is 14.5. The number of nitrogens with two attached hydrogens (primary N) is 1. The first-order chi connectivity index (χ1) is 9.65. The number of rotatable bonds is 5. The smallest absolute Gasteiger partial charge is 0.263 e. The monoisotopic (exact) mass is 276 g/mol. The zero-order valence-electron chi connectivity index (χ0n) is 11.5. The molecule has 2 rings (SSSR count). The van der Waals surface area contributed by atoms with Crippen LogP contribution in [0.4, 0.5) is 5.95 Å². The topological polar surface area (TPSA) is 99.6 Å². The molecule has 0 amide bonds. The molecule has 3 N–H and O–H groups in total. The lowest BCUT2D eigenvalue weighted by atomic mass is 10.2. The standard InChI is InChI=1S/C12H16N6O2/c1-8-15-17-12(18(8)13)16-14-7-9-4-5-10(19-2)11(6-9)20-3/h4-7H,13H2,1-3H3,(H,16,17)/b14-7+. The molecule has 0 saturated carbocycles. The summed E-state index contributed by atoms with van der Waals surface area (Å²) in [6.45, 7) is 1.75. The summed E-state index contributed by atoms with van der Waals surface area (Å²) in [4.78, 5) is 0. The number of hydrogen-bond acceptors (Lipinski definition) is 7. The van der Waals surface area contributed by atoms with Crippen LogP contribution in [0.25, 0.3) is 0 Å². The van der Waals surface area contributed by atoms with Gasteiger partial charge in [-0.05, 0) is 30.7 Å². The number of aromatic nitrogens is 3. The van der Waals surface area contributed by atoms with Gasteiger partial charge in [0.25, 0.3) is 5.95 Å². The largest absolute Gasteiger partial charge is 0.493 e. The van der Waals surface area contributed by atoms with Crippen molar-refractivity contribution in [2.24, 2.45) is 5.10 Å². The Morgan fingerprint density at radius 2 is 2.00 bits per heavy atom. The minimum Gasteiger partial charge on any atom is -0.493 e. The number of methoxy groups -OCH3 is 2. The quantitative estimate of drug-likeness (QED) is 0.475. The summed E-state index contributed by atoms with van der Waals surface area (Å²) in [6, 6.07) is 5.46. The summed E-state index contributed by atoms with van der Waals surface area (Å²) in [6.07, 6.45) is 1.62. The molecule has 0 bridgehead atoms. The lowest BCUT2D eigenvalue weighted by Gasteiger charge is -2.07. The van der Waals surface area contributed by atoms with E-state index in [4.69, 9.17) is 15.3 Å². The number of anilines is 1. The van der Waals surface area contributed by atoms with Crippen LogP contribution in [0, 0.1) is 6.92 Å². The molecule has 0 aliphatic rings. The van der Waals surface area contributed by atoms with Crippen LogP contribution < -0.4 is 20.7 Å². The molecule has 8 nitrogen and oxygen atoms in total. The minimum atomic E-state index is 0.360. The first-order valence-corrected chi connectivity index (χ1v) is 5.84.